The second-order valence-electron chi connectivity index (χ2n) is 13.2. The summed E-state index contributed by atoms with van der Waals surface area (Å²) < 4.78 is 16.0. The summed E-state index contributed by atoms with van der Waals surface area (Å²) in [6.45, 7) is 0. The summed E-state index contributed by atoms with van der Waals surface area (Å²) in [4.78, 5) is 2.39. The number of hydrogen-bond donors (Lipinski definition) is 0. The standard InChI is InChI=1S/C48H29NO2S/c1-3-13-30(14-4-1)31-25-27-33(28-26-31)49(40-22-12-21-37-36-20-11-19-34(47(36)52-48(37)40)32-15-5-2-6-16-32)41-29-39-35-17-7-9-23-42(35)50-45(39)44-38-18-8-10-24-43(38)51-46(41)44/h1-29H. The molecule has 0 N–H and O–H groups in total. The van der Waals surface area contributed by atoms with Crippen LogP contribution in [-0.4, -0.2) is 0 Å². The molecule has 244 valence electrons. The predicted octanol–water partition coefficient (Wildman–Crippen LogP) is 14.7. The lowest BCUT2D eigenvalue weighted by Crippen LogP contribution is -2.10. The molecule has 11 aromatic rings. The number of rotatable bonds is 5. The van der Waals surface area contributed by atoms with Crippen LogP contribution in [0.1, 0.15) is 0 Å². The minimum Gasteiger partial charge on any atom is -0.455 e. The average Bonchev–Trinajstić information content (AvgIpc) is 3.91. The van der Waals surface area contributed by atoms with Crippen molar-refractivity contribution in [2.75, 3.05) is 4.90 Å². The highest BCUT2D eigenvalue weighted by Gasteiger charge is 2.26. The summed E-state index contributed by atoms with van der Waals surface area (Å²) in [6, 6.07) is 62.4. The van der Waals surface area contributed by atoms with Crippen LogP contribution in [-0.2, 0) is 0 Å². The Balaban J connectivity index is 1.24. The lowest BCUT2D eigenvalue weighted by atomic mass is 10.0. The Bertz CT molecular complexity index is 3120. The highest BCUT2D eigenvalue weighted by atomic mass is 32.1. The average molecular weight is 684 g/mol. The van der Waals surface area contributed by atoms with Gasteiger partial charge in [-0.2, -0.15) is 0 Å². The monoisotopic (exact) mass is 683 g/mol. The first-order valence-corrected chi connectivity index (χ1v) is 18.3. The van der Waals surface area contributed by atoms with Gasteiger partial charge >= 0.3 is 0 Å². The van der Waals surface area contributed by atoms with E-state index in [9.17, 15) is 0 Å². The summed E-state index contributed by atoms with van der Waals surface area (Å²) in [5.74, 6) is 0. The van der Waals surface area contributed by atoms with E-state index < -0.39 is 0 Å². The van der Waals surface area contributed by atoms with Crippen LogP contribution in [0.4, 0.5) is 17.1 Å². The molecule has 0 spiro atoms. The minimum absolute atomic E-state index is 0.794. The van der Waals surface area contributed by atoms with E-state index in [4.69, 9.17) is 8.83 Å². The van der Waals surface area contributed by atoms with Crippen LogP contribution in [0.2, 0.25) is 0 Å². The molecular weight excluding hydrogens is 655 g/mol. The predicted molar refractivity (Wildman–Crippen MR) is 219 cm³/mol. The van der Waals surface area contributed by atoms with E-state index in [0.29, 0.717) is 0 Å². The maximum atomic E-state index is 6.85. The van der Waals surface area contributed by atoms with Gasteiger partial charge in [0, 0.05) is 37.3 Å². The molecule has 8 aromatic carbocycles. The second kappa shape index (κ2) is 11.5. The first kappa shape index (κ1) is 29.1. The van der Waals surface area contributed by atoms with Crippen LogP contribution in [0.3, 0.4) is 0 Å². The Hall–Kier alpha value is -6.62. The Labute approximate surface area is 303 Å². The zero-order chi connectivity index (χ0) is 34.2. The van der Waals surface area contributed by atoms with Crippen LogP contribution in [0, 0.1) is 0 Å². The number of benzene rings is 8. The van der Waals surface area contributed by atoms with Crippen molar-refractivity contribution in [1.29, 1.82) is 0 Å². The molecule has 11 rings (SSSR count). The number of fused-ring (bicyclic) bond motifs is 10. The van der Waals surface area contributed by atoms with Crippen molar-refractivity contribution >= 4 is 92.4 Å². The molecule has 0 atom stereocenters. The minimum atomic E-state index is 0.794. The molecule has 0 saturated carbocycles. The zero-order valence-corrected chi connectivity index (χ0v) is 28.7. The van der Waals surface area contributed by atoms with Crippen molar-refractivity contribution in [2.24, 2.45) is 0 Å². The molecule has 0 amide bonds. The first-order chi connectivity index (χ1) is 25.8. The molecule has 3 nitrogen and oxygen atoms in total. The molecule has 0 saturated heterocycles. The molecule has 3 aromatic heterocycles. The maximum Gasteiger partial charge on any atom is 0.163 e. The van der Waals surface area contributed by atoms with Crippen molar-refractivity contribution < 1.29 is 8.83 Å². The molecule has 0 aliphatic rings. The number of nitrogens with zero attached hydrogens (tertiary/aromatic N) is 1. The van der Waals surface area contributed by atoms with Gasteiger partial charge in [0.2, 0.25) is 0 Å². The Morgan fingerprint density at radius 3 is 1.73 bits per heavy atom. The maximum absolute atomic E-state index is 6.85. The summed E-state index contributed by atoms with van der Waals surface area (Å²) in [5.41, 5.74) is 11.3. The lowest BCUT2D eigenvalue weighted by molar-refractivity contribution is 0.663. The highest BCUT2D eigenvalue weighted by Crippen LogP contribution is 2.51. The topological polar surface area (TPSA) is 29.5 Å². The number of thiophene rings is 1. The van der Waals surface area contributed by atoms with Gasteiger partial charge in [-0.25, -0.2) is 0 Å². The molecule has 0 aliphatic carbocycles. The van der Waals surface area contributed by atoms with Gasteiger partial charge in [-0.05, 0) is 58.7 Å². The van der Waals surface area contributed by atoms with Crippen LogP contribution >= 0.6 is 11.3 Å². The number of hydrogen-bond acceptors (Lipinski definition) is 4. The van der Waals surface area contributed by atoms with Crippen molar-refractivity contribution in [3.05, 3.63) is 176 Å². The molecule has 0 radical (unpaired) electrons. The fraction of sp³-hybridized carbons (Fsp3) is 0. The van der Waals surface area contributed by atoms with Crippen molar-refractivity contribution in [2.45, 2.75) is 0 Å². The fourth-order valence-corrected chi connectivity index (χ4v) is 9.22. The molecule has 0 unspecified atom stereocenters. The van der Waals surface area contributed by atoms with Crippen LogP contribution < -0.4 is 4.90 Å². The molecule has 52 heavy (non-hydrogen) atoms. The smallest absolute Gasteiger partial charge is 0.163 e. The quantitative estimate of drug-likeness (QED) is 0.181. The number of anilines is 3. The summed E-state index contributed by atoms with van der Waals surface area (Å²) >= 11 is 1.85. The summed E-state index contributed by atoms with van der Waals surface area (Å²) in [6.07, 6.45) is 0. The second-order valence-corrected chi connectivity index (χ2v) is 14.2. The van der Waals surface area contributed by atoms with Crippen LogP contribution in [0.5, 0.6) is 0 Å². The van der Waals surface area contributed by atoms with Gasteiger partial charge in [0.1, 0.15) is 16.7 Å². The van der Waals surface area contributed by atoms with Crippen LogP contribution in [0.15, 0.2) is 185 Å². The first-order valence-electron chi connectivity index (χ1n) is 17.5. The molecule has 0 aliphatic heterocycles. The lowest BCUT2D eigenvalue weighted by Gasteiger charge is -2.26. The Morgan fingerprint density at radius 2 is 0.962 bits per heavy atom. The van der Waals surface area contributed by atoms with E-state index in [1.807, 2.05) is 35.6 Å². The SMILES string of the molecule is c1ccc(-c2ccc(N(c3cc4c5ccccc5oc4c4c3oc3ccccc34)c3cccc4c3sc3c(-c5ccccc5)cccc34)cc2)cc1. The number of para-hydroxylation sites is 2. The van der Waals surface area contributed by atoms with E-state index in [-0.39, 0.29) is 0 Å². The molecule has 3 heterocycles. The highest BCUT2D eigenvalue weighted by molar-refractivity contribution is 7.27. The number of furan rings is 2. The Morgan fingerprint density at radius 1 is 0.385 bits per heavy atom. The third-order valence-corrected chi connectivity index (χ3v) is 11.6. The largest absolute Gasteiger partial charge is 0.455 e. The van der Waals surface area contributed by atoms with E-state index in [0.717, 1.165) is 60.9 Å². The molecular formula is C48H29NO2S. The summed E-state index contributed by atoms with van der Waals surface area (Å²) in [5, 5.41) is 6.66. The van der Waals surface area contributed by atoms with Gasteiger partial charge in [0.25, 0.3) is 0 Å². The van der Waals surface area contributed by atoms with Gasteiger partial charge in [0.05, 0.1) is 21.5 Å². The van der Waals surface area contributed by atoms with E-state index in [2.05, 4.69) is 157 Å². The van der Waals surface area contributed by atoms with Gasteiger partial charge in [-0.3, -0.25) is 0 Å². The van der Waals surface area contributed by atoms with Gasteiger partial charge in [-0.1, -0.05) is 140 Å². The van der Waals surface area contributed by atoms with Gasteiger partial charge in [-0.15, -0.1) is 11.3 Å². The zero-order valence-electron chi connectivity index (χ0n) is 27.9. The van der Waals surface area contributed by atoms with Crippen LogP contribution in [0.25, 0.3) is 86.3 Å². The van der Waals surface area contributed by atoms with Crippen molar-refractivity contribution in [1.82, 2.24) is 0 Å². The van der Waals surface area contributed by atoms with E-state index >= 15 is 0 Å². The summed E-state index contributed by atoms with van der Waals surface area (Å²) in [7, 11) is 0. The third-order valence-electron chi connectivity index (χ3n) is 10.3. The molecule has 0 fully saturated rings. The molecule has 0 bridgehead atoms. The normalized spacial score (nSPS) is 11.8. The van der Waals surface area contributed by atoms with Crippen molar-refractivity contribution in [3.63, 3.8) is 0 Å². The molecule has 4 heteroatoms. The fourth-order valence-electron chi connectivity index (χ4n) is 7.88. The van der Waals surface area contributed by atoms with E-state index in [1.54, 1.807) is 0 Å². The van der Waals surface area contributed by atoms with E-state index in [1.165, 1.54) is 42.4 Å². The Kier molecular flexibility index (Phi) is 6.42. The van der Waals surface area contributed by atoms with Gasteiger partial charge in [0.15, 0.2) is 5.58 Å². The third kappa shape index (κ3) is 4.38. The van der Waals surface area contributed by atoms with Crippen molar-refractivity contribution in [3.8, 4) is 22.3 Å². The van der Waals surface area contributed by atoms with Gasteiger partial charge < -0.3 is 13.7 Å².